The summed E-state index contributed by atoms with van der Waals surface area (Å²) in [5.74, 6) is 0. The van der Waals surface area contributed by atoms with Gasteiger partial charge in [-0.3, -0.25) is 0 Å². The Morgan fingerprint density at radius 2 is 2.12 bits per heavy atom. The summed E-state index contributed by atoms with van der Waals surface area (Å²) in [5.41, 5.74) is 4.00. The second kappa shape index (κ2) is 3.27. The second-order valence-corrected chi connectivity index (χ2v) is 4.74. The van der Waals surface area contributed by atoms with Gasteiger partial charge in [0.2, 0.25) is 0 Å². The highest BCUT2D eigenvalue weighted by molar-refractivity contribution is 5.96. The van der Waals surface area contributed by atoms with Crippen LogP contribution < -0.4 is 4.90 Å². The minimum Gasteiger partial charge on any atom is -0.357 e. The van der Waals surface area contributed by atoms with Crippen molar-refractivity contribution in [1.29, 1.82) is 0 Å². The van der Waals surface area contributed by atoms with E-state index in [1.165, 1.54) is 28.7 Å². The molecule has 0 bridgehead atoms. The Hall–Kier alpha value is -1.96. The lowest BCUT2D eigenvalue weighted by atomic mass is 9.98. The molecule has 4 rings (SSSR count). The number of benzene rings is 1. The molecular formula is C15H14N2. The number of H-pyrrole nitrogens is 1. The van der Waals surface area contributed by atoms with Crippen molar-refractivity contribution in [2.45, 2.75) is 18.9 Å². The van der Waals surface area contributed by atoms with Gasteiger partial charge >= 0.3 is 0 Å². The maximum atomic E-state index is 3.55. The number of hydrogen-bond acceptors (Lipinski definition) is 1. The van der Waals surface area contributed by atoms with E-state index in [1.54, 1.807) is 0 Å². The molecule has 17 heavy (non-hydrogen) atoms. The molecule has 2 aromatic rings. The van der Waals surface area contributed by atoms with Crippen LogP contribution >= 0.6 is 0 Å². The van der Waals surface area contributed by atoms with Gasteiger partial charge in [0, 0.05) is 22.8 Å². The topological polar surface area (TPSA) is 19.0 Å². The predicted octanol–water partition coefficient (Wildman–Crippen LogP) is 3.37. The van der Waals surface area contributed by atoms with Gasteiger partial charge in [-0.05, 0) is 25.0 Å². The van der Waals surface area contributed by atoms with Crippen LogP contribution in [0, 0.1) is 0 Å². The first-order valence-electron chi connectivity index (χ1n) is 6.16. The molecule has 0 aliphatic carbocycles. The van der Waals surface area contributed by atoms with E-state index in [4.69, 9.17) is 0 Å². The monoisotopic (exact) mass is 222 g/mol. The minimum atomic E-state index is 0.534. The van der Waals surface area contributed by atoms with E-state index in [9.17, 15) is 0 Å². The molecule has 0 saturated heterocycles. The summed E-state index contributed by atoms with van der Waals surface area (Å²) >= 11 is 0. The number of para-hydroxylation sites is 1. The highest BCUT2D eigenvalue weighted by Crippen LogP contribution is 2.38. The molecule has 1 unspecified atom stereocenters. The quantitative estimate of drug-likeness (QED) is 0.724. The van der Waals surface area contributed by atoms with Crippen LogP contribution in [0.2, 0.25) is 0 Å². The molecule has 3 heterocycles. The van der Waals surface area contributed by atoms with Gasteiger partial charge in [0.15, 0.2) is 0 Å². The van der Waals surface area contributed by atoms with Gasteiger partial charge in [-0.1, -0.05) is 30.4 Å². The fourth-order valence-electron chi connectivity index (χ4n) is 2.96. The van der Waals surface area contributed by atoms with Gasteiger partial charge < -0.3 is 9.88 Å². The van der Waals surface area contributed by atoms with Crippen molar-refractivity contribution in [3.63, 3.8) is 0 Å². The maximum absolute atomic E-state index is 3.55. The van der Waals surface area contributed by atoms with Gasteiger partial charge in [-0.15, -0.1) is 0 Å². The molecule has 1 aromatic carbocycles. The Balaban J connectivity index is 1.99. The van der Waals surface area contributed by atoms with Gasteiger partial charge in [0.1, 0.15) is 0 Å². The summed E-state index contributed by atoms with van der Waals surface area (Å²) in [4.78, 5) is 5.95. The SMILES string of the molecule is C1=CC2CCc3[nH]c4ccccc4c3N2C=C1. The van der Waals surface area contributed by atoms with Gasteiger partial charge in [-0.2, -0.15) is 0 Å². The van der Waals surface area contributed by atoms with E-state index >= 15 is 0 Å². The first-order valence-corrected chi connectivity index (χ1v) is 6.16. The van der Waals surface area contributed by atoms with Crippen molar-refractivity contribution in [2.75, 3.05) is 4.90 Å². The largest absolute Gasteiger partial charge is 0.357 e. The number of fused-ring (bicyclic) bond motifs is 5. The van der Waals surface area contributed by atoms with Crippen LogP contribution in [-0.4, -0.2) is 11.0 Å². The molecule has 0 radical (unpaired) electrons. The fraction of sp³-hybridized carbons (Fsp3) is 0.200. The van der Waals surface area contributed by atoms with E-state index in [1.807, 2.05) is 0 Å². The molecule has 1 N–H and O–H groups in total. The van der Waals surface area contributed by atoms with Crippen LogP contribution in [0.5, 0.6) is 0 Å². The van der Waals surface area contributed by atoms with Crippen LogP contribution in [0.25, 0.3) is 10.9 Å². The summed E-state index contributed by atoms with van der Waals surface area (Å²) in [6.45, 7) is 0. The van der Waals surface area contributed by atoms with E-state index in [2.05, 4.69) is 58.6 Å². The first kappa shape index (κ1) is 9.11. The average molecular weight is 222 g/mol. The van der Waals surface area contributed by atoms with Crippen LogP contribution in [0.1, 0.15) is 12.1 Å². The highest BCUT2D eigenvalue weighted by atomic mass is 15.2. The molecule has 1 atom stereocenters. The zero-order valence-corrected chi connectivity index (χ0v) is 9.56. The zero-order valence-electron chi connectivity index (χ0n) is 9.56. The number of aryl methyl sites for hydroxylation is 1. The lowest BCUT2D eigenvalue weighted by molar-refractivity contribution is 0.652. The van der Waals surface area contributed by atoms with Crippen molar-refractivity contribution in [3.05, 3.63) is 54.4 Å². The molecule has 2 nitrogen and oxygen atoms in total. The number of allylic oxidation sites excluding steroid dienone is 2. The Morgan fingerprint density at radius 1 is 1.18 bits per heavy atom. The number of aromatic nitrogens is 1. The van der Waals surface area contributed by atoms with E-state index in [0.29, 0.717) is 6.04 Å². The second-order valence-electron chi connectivity index (χ2n) is 4.74. The maximum Gasteiger partial charge on any atom is 0.0702 e. The van der Waals surface area contributed by atoms with E-state index < -0.39 is 0 Å². The minimum absolute atomic E-state index is 0.534. The van der Waals surface area contributed by atoms with Crippen molar-refractivity contribution in [1.82, 2.24) is 4.98 Å². The predicted molar refractivity (Wildman–Crippen MR) is 71.2 cm³/mol. The number of anilines is 1. The molecule has 0 amide bonds. The van der Waals surface area contributed by atoms with Crippen molar-refractivity contribution in [2.24, 2.45) is 0 Å². The Bertz CT molecular complexity index is 633. The van der Waals surface area contributed by atoms with Gasteiger partial charge in [0.25, 0.3) is 0 Å². The van der Waals surface area contributed by atoms with Crippen LogP contribution in [0.3, 0.4) is 0 Å². The Morgan fingerprint density at radius 3 is 3.12 bits per heavy atom. The average Bonchev–Trinajstić information content (AvgIpc) is 2.77. The van der Waals surface area contributed by atoms with Crippen LogP contribution in [0.4, 0.5) is 5.69 Å². The molecule has 2 aliphatic rings. The molecule has 2 heteroatoms. The number of aromatic amines is 1. The number of nitrogens with zero attached hydrogens (tertiary/aromatic N) is 1. The Labute approximate surface area is 100 Å². The molecule has 1 aromatic heterocycles. The van der Waals surface area contributed by atoms with E-state index in [0.717, 1.165) is 6.42 Å². The summed E-state index contributed by atoms with van der Waals surface area (Å²) in [7, 11) is 0. The van der Waals surface area contributed by atoms with Gasteiger partial charge in [-0.25, -0.2) is 0 Å². The van der Waals surface area contributed by atoms with Gasteiger partial charge in [0.05, 0.1) is 11.7 Å². The number of nitrogens with one attached hydrogen (secondary N) is 1. The van der Waals surface area contributed by atoms with Crippen molar-refractivity contribution >= 4 is 16.6 Å². The van der Waals surface area contributed by atoms with Crippen LogP contribution in [0.15, 0.2) is 48.7 Å². The van der Waals surface area contributed by atoms with Crippen LogP contribution in [-0.2, 0) is 6.42 Å². The summed E-state index contributed by atoms with van der Waals surface area (Å²) in [5, 5.41) is 1.34. The molecular weight excluding hydrogens is 208 g/mol. The molecule has 2 aliphatic heterocycles. The highest BCUT2D eigenvalue weighted by Gasteiger charge is 2.27. The number of hydrogen-bond donors (Lipinski definition) is 1. The third-order valence-corrected chi connectivity index (χ3v) is 3.75. The third kappa shape index (κ3) is 1.21. The molecule has 0 saturated carbocycles. The van der Waals surface area contributed by atoms with Crippen molar-refractivity contribution < 1.29 is 0 Å². The third-order valence-electron chi connectivity index (χ3n) is 3.75. The molecule has 84 valence electrons. The first-order chi connectivity index (χ1) is 8.43. The number of rotatable bonds is 0. The zero-order chi connectivity index (χ0) is 11.2. The standard InChI is InChI=1S/C15H14N2/c1-2-7-13-12(6-1)15-14(16-13)9-8-11-5-3-4-10-17(11)15/h1-7,10-11,16H,8-9H2. The summed E-state index contributed by atoms with van der Waals surface area (Å²) < 4.78 is 0. The lowest BCUT2D eigenvalue weighted by Crippen LogP contribution is -2.34. The molecule has 0 spiro atoms. The normalized spacial score (nSPS) is 21.6. The summed E-state index contributed by atoms with van der Waals surface area (Å²) in [6.07, 6.45) is 11.1. The summed E-state index contributed by atoms with van der Waals surface area (Å²) in [6, 6.07) is 9.11. The fourth-order valence-corrected chi connectivity index (χ4v) is 2.96. The van der Waals surface area contributed by atoms with E-state index in [-0.39, 0.29) is 0 Å². The smallest absolute Gasteiger partial charge is 0.0702 e. The van der Waals surface area contributed by atoms with Crippen molar-refractivity contribution in [3.8, 4) is 0 Å². The Kier molecular flexibility index (Phi) is 1.75. The molecule has 0 fully saturated rings. The lowest BCUT2D eigenvalue weighted by Gasteiger charge is -2.34.